The van der Waals surface area contributed by atoms with Crippen molar-refractivity contribution in [2.24, 2.45) is 23.5 Å². The van der Waals surface area contributed by atoms with Crippen LogP contribution in [0.15, 0.2) is 42.9 Å². The molecule has 1 aromatic heterocycles. The normalized spacial score (nSPS) is 14.9. The fourth-order valence-electron chi connectivity index (χ4n) is 7.03. The summed E-state index contributed by atoms with van der Waals surface area (Å²) in [7, 11) is 0. The summed E-state index contributed by atoms with van der Waals surface area (Å²) in [6, 6.07) is -1.93. The molecule has 2 aromatic rings. The van der Waals surface area contributed by atoms with Gasteiger partial charge in [-0.15, -0.1) is 0 Å². The molecule has 15 N–H and O–H groups in total. The third-order valence-corrected chi connectivity index (χ3v) is 11.7. The van der Waals surface area contributed by atoms with E-state index >= 15 is 0 Å². The molecule has 0 unspecified atom stereocenters. The quantitative estimate of drug-likeness (QED) is 0.0342. The number of aliphatic hydroxyl groups excluding tert-OH is 2. The zero-order valence-electron chi connectivity index (χ0n) is 42.5. The Morgan fingerprint density at radius 3 is 1.70 bits per heavy atom. The molecule has 0 spiro atoms. The highest BCUT2D eigenvalue weighted by molar-refractivity contribution is 7.98. The van der Waals surface area contributed by atoms with Crippen LogP contribution in [-0.2, 0) is 60.8 Å². The lowest BCUT2D eigenvalue weighted by atomic mass is 9.99. The zero-order chi connectivity index (χ0) is 54.9. The van der Waals surface area contributed by atoms with Gasteiger partial charge in [0, 0.05) is 24.7 Å². The van der Waals surface area contributed by atoms with E-state index in [0.29, 0.717) is 17.0 Å². The summed E-state index contributed by atoms with van der Waals surface area (Å²) < 4.78 is 0. The number of benzene rings is 1. The maximum Gasteiger partial charge on any atom is 0.322 e. The van der Waals surface area contributed by atoms with Crippen LogP contribution in [0.5, 0.6) is 0 Å². The van der Waals surface area contributed by atoms with Crippen molar-refractivity contribution in [3.8, 4) is 0 Å². The number of carbonyl (C=O) groups excluding carboxylic acids is 9. The molecule has 9 atom stereocenters. The molecule has 0 fully saturated rings. The molecule has 0 saturated carbocycles. The van der Waals surface area contributed by atoms with Crippen LogP contribution in [0.1, 0.15) is 72.6 Å². The number of H-pyrrole nitrogens is 1. The number of aromatic nitrogens is 2. The molecule has 406 valence electrons. The van der Waals surface area contributed by atoms with Crippen LogP contribution in [0, 0.1) is 17.8 Å². The molecule has 25 nitrogen and oxygen atoms in total. The molecule has 0 aliphatic rings. The summed E-state index contributed by atoms with van der Waals surface area (Å²) in [5.41, 5.74) is 7.24. The van der Waals surface area contributed by atoms with E-state index in [0.717, 1.165) is 0 Å². The van der Waals surface area contributed by atoms with Gasteiger partial charge in [0.05, 0.1) is 31.6 Å². The number of imidazole rings is 1. The number of carboxylic acids is 1. The van der Waals surface area contributed by atoms with Gasteiger partial charge in [-0.25, -0.2) is 4.98 Å². The van der Waals surface area contributed by atoms with Gasteiger partial charge < -0.3 is 73.9 Å². The number of nitrogens with two attached hydrogens (primary N) is 1. The van der Waals surface area contributed by atoms with Gasteiger partial charge in [-0.2, -0.15) is 11.8 Å². The number of nitrogens with zero attached hydrogens (tertiary/aromatic N) is 1. The number of nitrogens with one attached hydrogen (secondary N) is 10. The fraction of sp³-hybridized carbons (Fsp3) is 0.596. The van der Waals surface area contributed by atoms with Crippen LogP contribution in [-0.4, -0.2) is 171 Å². The number of carboxylic acid groups (broad SMARTS) is 1. The lowest BCUT2D eigenvalue weighted by molar-refractivity contribution is -0.139. The van der Waals surface area contributed by atoms with E-state index in [2.05, 4.69) is 57.8 Å². The van der Waals surface area contributed by atoms with Gasteiger partial charge in [-0.05, 0) is 55.1 Å². The van der Waals surface area contributed by atoms with Gasteiger partial charge in [0.1, 0.15) is 48.8 Å². The van der Waals surface area contributed by atoms with Gasteiger partial charge in [-0.3, -0.25) is 47.9 Å². The largest absolute Gasteiger partial charge is 0.480 e. The second-order valence-electron chi connectivity index (χ2n) is 18.5. The van der Waals surface area contributed by atoms with Gasteiger partial charge in [-0.1, -0.05) is 71.9 Å². The smallest absolute Gasteiger partial charge is 0.322 e. The average molecular weight is 1050 g/mol. The Morgan fingerprint density at radius 1 is 0.630 bits per heavy atom. The lowest BCUT2D eigenvalue weighted by Crippen LogP contribution is -2.61. The highest BCUT2D eigenvalue weighted by Gasteiger charge is 2.36. The van der Waals surface area contributed by atoms with Crippen molar-refractivity contribution < 1.29 is 63.3 Å². The first-order chi connectivity index (χ1) is 34.4. The Bertz CT molecular complexity index is 2150. The Labute approximate surface area is 428 Å². The van der Waals surface area contributed by atoms with E-state index in [-0.39, 0.29) is 31.6 Å². The Kier molecular flexibility index (Phi) is 27.2. The topological polar surface area (TPSA) is 394 Å². The second kappa shape index (κ2) is 31.7. The molecule has 9 amide bonds. The van der Waals surface area contributed by atoms with E-state index in [1.165, 1.54) is 31.2 Å². The Balaban J connectivity index is 2.18. The molecular weight excluding hydrogens is 973 g/mol. The summed E-state index contributed by atoms with van der Waals surface area (Å²) in [6.07, 6.45) is 3.42. The Hall–Kier alpha value is -6.64. The van der Waals surface area contributed by atoms with Crippen LogP contribution >= 0.6 is 11.8 Å². The van der Waals surface area contributed by atoms with Gasteiger partial charge in [0.15, 0.2) is 0 Å². The van der Waals surface area contributed by atoms with Crippen LogP contribution in [0.25, 0.3) is 0 Å². The van der Waals surface area contributed by atoms with Crippen LogP contribution in [0.4, 0.5) is 0 Å². The minimum atomic E-state index is -1.58. The number of aliphatic hydroxyl groups is 2. The highest BCUT2D eigenvalue weighted by atomic mass is 32.2. The first kappa shape index (κ1) is 62.5. The van der Waals surface area contributed by atoms with Crippen LogP contribution in [0.3, 0.4) is 0 Å². The lowest BCUT2D eigenvalue weighted by Gasteiger charge is -2.29. The number of hydrogen-bond donors (Lipinski definition) is 14. The summed E-state index contributed by atoms with van der Waals surface area (Å²) in [4.78, 5) is 139. The fourth-order valence-corrected chi connectivity index (χ4v) is 7.51. The zero-order valence-corrected chi connectivity index (χ0v) is 43.3. The predicted octanol–water partition coefficient (Wildman–Crippen LogP) is -3.28. The van der Waals surface area contributed by atoms with E-state index in [9.17, 15) is 58.2 Å². The van der Waals surface area contributed by atoms with E-state index in [1.807, 2.05) is 0 Å². The van der Waals surface area contributed by atoms with Crippen LogP contribution in [0.2, 0.25) is 0 Å². The summed E-state index contributed by atoms with van der Waals surface area (Å²) in [5, 5.41) is 51.9. The van der Waals surface area contributed by atoms with E-state index < -0.39 is 145 Å². The predicted molar refractivity (Wildman–Crippen MR) is 268 cm³/mol. The molecule has 2 rings (SSSR count). The number of amides is 9. The molecule has 73 heavy (non-hydrogen) atoms. The van der Waals surface area contributed by atoms with Crippen LogP contribution < -0.4 is 53.6 Å². The van der Waals surface area contributed by atoms with Crippen molar-refractivity contribution in [2.45, 2.75) is 129 Å². The molecule has 0 radical (unpaired) electrons. The molecule has 0 aliphatic heterocycles. The molecule has 0 aliphatic carbocycles. The molecule has 26 heteroatoms. The van der Waals surface area contributed by atoms with Gasteiger partial charge in [0.25, 0.3) is 0 Å². The monoisotopic (exact) mass is 1050 g/mol. The second-order valence-corrected chi connectivity index (χ2v) is 19.5. The first-order valence-electron chi connectivity index (χ1n) is 23.8. The minimum Gasteiger partial charge on any atom is -0.480 e. The molecule has 0 bridgehead atoms. The number of aromatic amines is 1. The highest BCUT2D eigenvalue weighted by Crippen LogP contribution is 2.11. The van der Waals surface area contributed by atoms with Crippen molar-refractivity contribution in [2.75, 3.05) is 31.7 Å². The first-order valence-corrected chi connectivity index (χ1v) is 25.2. The third kappa shape index (κ3) is 22.3. The van der Waals surface area contributed by atoms with Crippen molar-refractivity contribution in [3.63, 3.8) is 0 Å². The Morgan fingerprint density at radius 2 is 1.15 bits per heavy atom. The molecule has 1 heterocycles. The number of hydrogen-bond acceptors (Lipinski definition) is 15. The maximum atomic E-state index is 14.0. The number of carbonyl (C=O) groups is 10. The molecular formula is C47H74N12O13S. The molecule has 0 saturated heterocycles. The van der Waals surface area contributed by atoms with Crippen molar-refractivity contribution in [1.82, 2.24) is 57.8 Å². The standard InChI is InChI=1S/C47H74N12O13S/c1-24(2)16-32(42(67)51-21-36(63)64)54-44(69)34(22-60)56-45(70)38(26(5)6)58-46(71)37(25(3)4)57-35(62)20-50-41(66)31(14-15-73-8)53-43(68)33(17-28-12-10-9-11-13-28)55-47(72)39(27(7)61)59-40(65)30(48)18-29-19-49-23-52-29/h9-13,19,23-27,30-34,37-39,60-61H,14-18,20-22,48H2,1-8H3,(H,49,52)(H,50,66)(H,51,67)(H,53,68)(H,54,69)(H,55,72)(H,56,70)(H,57,62)(H,58,71)(H,59,65)(H,63,64)/t27-,30+,31+,32+,33+,34+,37+,38+,39+/m1/s1. The van der Waals surface area contributed by atoms with Crippen molar-refractivity contribution in [3.05, 3.63) is 54.1 Å². The summed E-state index contributed by atoms with van der Waals surface area (Å²) in [6.45, 7) is 8.98. The number of aliphatic carboxylic acids is 1. The van der Waals surface area contributed by atoms with Gasteiger partial charge in [0.2, 0.25) is 53.2 Å². The van der Waals surface area contributed by atoms with Crippen molar-refractivity contribution in [1.29, 1.82) is 0 Å². The summed E-state index contributed by atoms with van der Waals surface area (Å²) in [5.74, 6) is -9.67. The third-order valence-electron chi connectivity index (χ3n) is 11.1. The van der Waals surface area contributed by atoms with Crippen molar-refractivity contribution >= 4 is 70.9 Å². The van der Waals surface area contributed by atoms with Gasteiger partial charge >= 0.3 is 5.97 Å². The average Bonchev–Trinajstić information content (AvgIpc) is 3.85. The maximum absolute atomic E-state index is 14.0. The van der Waals surface area contributed by atoms with E-state index in [4.69, 9.17) is 10.8 Å². The molecule has 1 aromatic carbocycles. The SMILES string of the molecule is CSCC[C@H](NC(=O)[C@H](Cc1ccccc1)NC(=O)[C@@H](NC(=O)[C@@H](N)Cc1cnc[nH]1)[C@@H](C)O)C(=O)NCC(=O)N[C@H](C(=O)N[C@H](C(=O)N[C@@H](CO)C(=O)N[C@@H](CC(C)C)C(=O)NCC(=O)O)C(C)C)C(C)C. The summed E-state index contributed by atoms with van der Waals surface area (Å²) >= 11 is 1.37. The minimum absolute atomic E-state index is 0.0525. The number of rotatable bonds is 32. The van der Waals surface area contributed by atoms with E-state index in [1.54, 1.807) is 78.1 Å². The number of thioether (sulfide) groups is 1.